The van der Waals surface area contributed by atoms with Crippen LogP contribution in [-0.4, -0.2) is 142 Å². The number of rotatable bonds is 5. The summed E-state index contributed by atoms with van der Waals surface area (Å²) in [4.78, 5) is 64.3. The van der Waals surface area contributed by atoms with E-state index in [0.29, 0.717) is 68.4 Å². The molecule has 3 aromatic rings. The average molecular weight is 749 g/mol. The molecule has 1 unspecified atom stereocenters. The van der Waals surface area contributed by atoms with Gasteiger partial charge >= 0.3 is 6.03 Å². The highest BCUT2D eigenvalue weighted by Gasteiger charge is 2.41. The Morgan fingerprint density at radius 1 is 0.891 bits per heavy atom. The Balaban J connectivity index is 0.753. The van der Waals surface area contributed by atoms with E-state index in [9.17, 15) is 24.3 Å². The van der Waals surface area contributed by atoms with Gasteiger partial charge in [0.25, 0.3) is 5.91 Å². The minimum absolute atomic E-state index is 0.110. The van der Waals surface area contributed by atoms with E-state index in [1.54, 1.807) is 17.0 Å². The van der Waals surface area contributed by atoms with Gasteiger partial charge in [0.2, 0.25) is 11.8 Å². The van der Waals surface area contributed by atoms with E-state index in [1.165, 1.54) is 0 Å². The molecule has 288 valence electrons. The van der Waals surface area contributed by atoms with Gasteiger partial charge in [-0.3, -0.25) is 24.6 Å². The number of anilines is 3. The summed E-state index contributed by atoms with van der Waals surface area (Å²) in [5.74, 6) is 0.657. The summed E-state index contributed by atoms with van der Waals surface area (Å²) < 4.78 is 0. The normalized spacial score (nSPS) is 24.6. The van der Waals surface area contributed by atoms with E-state index in [2.05, 4.69) is 53.4 Å². The van der Waals surface area contributed by atoms with Crippen molar-refractivity contribution >= 4 is 40.9 Å². The highest BCUT2D eigenvalue weighted by atomic mass is 16.3. The van der Waals surface area contributed by atoms with E-state index in [4.69, 9.17) is 0 Å². The first-order valence-electron chi connectivity index (χ1n) is 19.7. The third kappa shape index (κ3) is 6.68. The fraction of sp³-hybridized carbons (Fsp3) is 0.500. The second kappa shape index (κ2) is 14.3. The number of imide groups is 1. The Bertz CT molecular complexity index is 2020. The number of hydrogen-bond acceptors (Lipinski definition) is 11. The number of aromatic nitrogens is 2. The quantitative estimate of drug-likeness (QED) is 0.330. The number of piperidine rings is 2. The van der Waals surface area contributed by atoms with Crippen LogP contribution in [0.15, 0.2) is 48.5 Å². The standard InChI is InChI=1S/C40H48N10O5/c1-25-21-45(22-26-10-12-46(13-11-26)28-7-6-27-23-50(39(54)31(27)18-28)33-8-9-36(52)42-38(33)53)14-16-48(25)40(55)47-15-17-49-29(24-47)20-41-37-34(49)19-32(43-44-37)30-4-2-3-5-35(30)51/h2-7,18-19,25-26,29,33,51H,8-17,20-24H2,1H3,(H,41,44)(H,42,52,53)/t25-,29+,33?/m1/s1. The Labute approximate surface area is 320 Å². The van der Waals surface area contributed by atoms with Gasteiger partial charge in [-0.1, -0.05) is 18.2 Å². The average Bonchev–Trinajstić information content (AvgIpc) is 3.52. The van der Waals surface area contributed by atoms with Crippen LogP contribution in [-0.2, 0) is 16.1 Å². The number of hydrogen-bond donors (Lipinski definition) is 3. The minimum atomic E-state index is -0.605. The summed E-state index contributed by atoms with van der Waals surface area (Å²) in [7, 11) is 0. The monoisotopic (exact) mass is 748 g/mol. The number of nitrogens with one attached hydrogen (secondary N) is 2. The molecule has 5 amide bonds. The highest BCUT2D eigenvalue weighted by Crippen LogP contribution is 2.37. The van der Waals surface area contributed by atoms with Crippen LogP contribution in [0.4, 0.5) is 22.0 Å². The predicted molar refractivity (Wildman–Crippen MR) is 206 cm³/mol. The van der Waals surface area contributed by atoms with Crippen LogP contribution in [0.3, 0.4) is 0 Å². The molecule has 4 saturated heterocycles. The lowest BCUT2D eigenvalue weighted by Gasteiger charge is -2.48. The van der Waals surface area contributed by atoms with E-state index in [1.807, 2.05) is 35.2 Å². The van der Waals surface area contributed by atoms with Gasteiger partial charge in [0.05, 0.1) is 17.4 Å². The SMILES string of the molecule is C[C@@H]1CN(CC2CCN(c3ccc4c(c3)C(=O)N(C3CCC(=O)NC3=O)C4)CC2)CCN1C(=O)N1CCN2c3cc(-c4ccccc4O)nnc3NC[C@H]2C1. The molecule has 6 aliphatic rings. The van der Waals surface area contributed by atoms with Gasteiger partial charge < -0.3 is 34.9 Å². The van der Waals surface area contributed by atoms with Gasteiger partial charge in [0, 0.05) is 101 Å². The maximum absolute atomic E-state index is 13.9. The molecule has 55 heavy (non-hydrogen) atoms. The molecule has 2 aromatic carbocycles. The van der Waals surface area contributed by atoms with E-state index in [0.717, 1.165) is 68.3 Å². The van der Waals surface area contributed by atoms with Crippen molar-refractivity contribution in [2.75, 3.05) is 80.6 Å². The summed E-state index contributed by atoms with van der Waals surface area (Å²) in [6, 6.07) is 14.9. The summed E-state index contributed by atoms with van der Waals surface area (Å²) in [5.41, 5.74) is 4.83. The Morgan fingerprint density at radius 3 is 2.53 bits per heavy atom. The van der Waals surface area contributed by atoms with Crippen LogP contribution < -0.4 is 20.4 Å². The van der Waals surface area contributed by atoms with Crippen molar-refractivity contribution in [1.29, 1.82) is 0 Å². The molecule has 15 nitrogen and oxygen atoms in total. The van der Waals surface area contributed by atoms with Crippen LogP contribution in [0.25, 0.3) is 11.3 Å². The number of fused-ring (bicyclic) bond motifs is 4. The van der Waals surface area contributed by atoms with Crippen LogP contribution in [0.1, 0.15) is 48.5 Å². The van der Waals surface area contributed by atoms with E-state index in [-0.39, 0.29) is 48.0 Å². The number of phenolic OH excluding ortho intramolecular Hbond substituents is 1. The van der Waals surface area contributed by atoms with Crippen LogP contribution in [0.2, 0.25) is 0 Å². The number of urea groups is 1. The van der Waals surface area contributed by atoms with Crippen molar-refractivity contribution in [1.82, 2.24) is 35.1 Å². The van der Waals surface area contributed by atoms with Crippen molar-refractivity contribution in [3.05, 3.63) is 59.7 Å². The Hall–Kier alpha value is -5.44. The number of para-hydroxylation sites is 1. The topological polar surface area (TPSA) is 158 Å². The van der Waals surface area contributed by atoms with Crippen LogP contribution in [0, 0.1) is 5.92 Å². The molecule has 6 aliphatic heterocycles. The first-order chi connectivity index (χ1) is 26.7. The molecule has 0 saturated carbocycles. The van der Waals surface area contributed by atoms with E-state index >= 15 is 0 Å². The molecular weight excluding hydrogens is 701 g/mol. The fourth-order valence-corrected chi connectivity index (χ4v) is 9.43. The second-order valence-corrected chi connectivity index (χ2v) is 15.9. The number of amides is 5. The lowest BCUT2D eigenvalue weighted by atomic mass is 9.95. The number of nitrogens with zero attached hydrogens (tertiary/aromatic N) is 8. The van der Waals surface area contributed by atoms with Crippen molar-refractivity contribution in [3.63, 3.8) is 0 Å². The van der Waals surface area contributed by atoms with E-state index < -0.39 is 6.04 Å². The summed E-state index contributed by atoms with van der Waals surface area (Å²) >= 11 is 0. The van der Waals surface area contributed by atoms with Gasteiger partial charge in [-0.15, -0.1) is 10.2 Å². The first-order valence-corrected chi connectivity index (χ1v) is 19.7. The van der Waals surface area contributed by atoms with Gasteiger partial charge in [-0.25, -0.2) is 4.79 Å². The molecule has 0 aliphatic carbocycles. The Morgan fingerprint density at radius 2 is 1.73 bits per heavy atom. The van der Waals surface area contributed by atoms with Crippen molar-refractivity contribution < 1.29 is 24.3 Å². The Kier molecular flexibility index (Phi) is 9.19. The largest absolute Gasteiger partial charge is 0.507 e. The number of carbonyl (C=O) groups is 4. The van der Waals surface area contributed by atoms with Gasteiger partial charge in [0.15, 0.2) is 5.82 Å². The summed E-state index contributed by atoms with van der Waals surface area (Å²) in [5, 5.41) is 25.0. The van der Waals surface area contributed by atoms with Crippen LogP contribution in [0.5, 0.6) is 5.75 Å². The number of piperazine rings is 2. The van der Waals surface area contributed by atoms with Crippen molar-refractivity contribution in [2.24, 2.45) is 5.92 Å². The molecule has 4 fully saturated rings. The zero-order valence-corrected chi connectivity index (χ0v) is 31.2. The highest BCUT2D eigenvalue weighted by molar-refractivity contribution is 6.05. The predicted octanol–water partition coefficient (Wildman–Crippen LogP) is 2.57. The molecule has 3 N–H and O–H groups in total. The van der Waals surface area contributed by atoms with Crippen molar-refractivity contribution in [3.8, 4) is 17.0 Å². The molecule has 15 heteroatoms. The summed E-state index contributed by atoms with van der Waals surface area (Å²) in [6.45, 7) is 10.5. The molecule has 7 heterocycles. The maximum atomic E-state index is 13.9. The third-order valence-corrected chi connectivity index (χ3v) is 12.5. The summed E-state index contributed by atoms with van der Waals surface area (Å²) in [6.07, 6.45) is 2.73. The zero-order chi connectivity index (χ0) is 37.8. The second-order valence-electron chi connectivity index (χ2n) is 15.9. The number of aromatic hydroxyl groups is 1. The van der Waals surface area contributed by atoms with Gasteiger partial charge in [-0.2, -0.15) is 0 Å². The first kappa shape index (κ1) is 35.3. The fourth-order valence-electron chi connectivity index (χ4n) is 9.43. The number of phenols is 1. The van der Waals surface area contributed by atoms with Crippen molar-refractivity contribution in [2.45, 2.75) is 57.3 Å². The molecule has 0 radical (unpaired) electrons. The molecule has 1 aromatic heterocycles. The van der Waals surface area contributed by atoms with Gasteiger partial charge in [0.1, 0.15) is 11.8 Å². The molecule has 3 atom stereocenters. The third-order valence-electron chi connectivity index (χ3n) is 12.5. The van der Waals surface area contributed by atoms with Gasteiger partial charge in [-0.05, 0) is 68.0 Å². The van der Waals surface area contributed by atoms with Crippen LogP contribution >= 0.6 is 0 Å². The minimum Gasteiger partial charge on any atom is -0.507 e. The lowest BCUT2D eigenvalue weighted by molar-refractivity contribution is -0.136. The molecule has 9 rings (SSSR count). The zero-order valence-electron chi connectivity index (χ0n) is 31.2. The lowest BCUT2D eigenvalue weighted by Crippen LogP contribution is -2.63. The number of benzene rings is 2. The smallest absolute Gasteiger partial charge is 0.320 e. The molecule has 0 bridgehead atoms. The number of carbonyl (C=O) groups excluding carboxylic acids is 4. The molecule has 0 spiro atoms. The maximum Gasteiger partial charge on any atom is 0.320 e. The molecular formula is C40H48N10O5.